The molecule has 0 aliphatic heterocycles. The molecule has 0 aliphatic carbocycles. The second kappa shape index (κ2) is 7.63. The van der Waals surface area contributed by atoms with Gasteiger partial charge in [0, 0.05) is 9.99 Å². The van der Waals surface area contributed by atoms with Crippen molar-refractivity contribution in [1.29, 1.82) is 0 Å². The van der Waals surface area contributed by atoms with Crippen LogP contribution in [0.1, 0.15) is 26.2 Å². The SMILES string of the molecule is CCCCC(=O)NC(=S)Nc1ccc(I)cc1F. The van der Waals surface area contributed by atoms with Crippen LogP contribution in [0.5, 0.6) is 0 Å². The number of unbranched alkanes of at least 4 members (excludes halogenated alkanes) is 1. The highest BCUT2D eigenvalue weighted by atomic mass is 127. The number of hydrogen-bond acceptors (Lipinski definition) is 2. The van der Waals surface area contributed by atoms with E-state index in [1.54, 1.807) is 12.1 Å². The topological polar surface area (TPSA) is 41.1 Å². The van der Waals surface area contributed by atoms with Gasteiger partial charge in [-0.2, -0.15) is 0 Å². The van der Waals surface area contributed by atoms with Gasteiger partial charge in [0.25, 0.3) is 0 Å². The van der Waals surface area contributed by atoms with Crippen LogP contribution in [0.4, 0.5) is 10.1 Å². The van der Waals surface area contributed by atoms with E-state index in [-0.39, 0.29) is 16.7 Å². The van der Waals surface area contributed by atoms with E-state index in [4.69, 9.17) is 12.2 Å². The summed E-state index contributed by atoms with van der Waals surface area (Å²) < 4.78 is 14.3. The third kappa shape index (κ3) is 5.26. The number of anilines is 1. The maximum Gasteiger partial charge on any atom is 0.226 e. The highest BCUT2D eigenvalue weighted by molar-refractivity contribution is 14.1. The van der Waals surface area contributed by atoms with Crippen LogP contribution >= 0.6 is 34.8 Å². The van der Waals surface area contributed by atoms with Crippen molar-refractivity contribution in [3.63, 3.8) is 0 Å². The Labute approximate surface area is 125 Å². The minimum Gasteiger partial charge on any atom is -0.330 e. The molecule has 0 radical (unpaired) electrons. The maximum atomic E-state index is 13.5. The number of thiocarbonyl (C=S) groups is 1. The summed E-state index contributed by atoms with van der Waals surface area (Å²) in [5.41, 5.74) is 0.260. The van der Waals surface area contributed by atoms with E-state index in [1.807, 2.05) is 29.5 Å². The Hall–Kier alpha value is -0.760. The lowest BCUT2D eigenvalue weighted by Gasteiger charge is -2.10. The van der Waals surface area contributed by atoms with E-state index in [1.165, 1.54) is 6.07 Å². The standard InChI is InChI=1S/C12H14FIN2OS/c1-2-3-4-11(17)16-12(18)15-10-6-5-8(14)7-9(10)13/h5-7H,2-4H2,1H3,(H2,15,16,17,18). The molecule has 0 fully saturated rings. The van der Waals surface area contributed by atoms with E-state index in [2.05, 4.69) is 10.6 Å². The number of halogens is 2. The summed E-state index contributed by atoms with van der Waals surface area (Å²) in [5, 5.41) is 5.31. The van der Waals surface area contributed by atoms with Gasteiger partial charge in [0.1, 0.15) is 5.82 Å². The van der Waals surface area contributed by atoms with E-state index < -0.39 is 5.82 Å². The minimum absolute atomic E-state index is 0.121. The number of amides is 1. The first-order chi connectivity index (χ1) is 8.52. The van der Waals surface area contributed by atoms with Crippen LogP contribution in [-0.2, 0) is 4.79 Å². The van der Waals surface area contributed by atoms with E-state index in [9.17, 15) is 9.18 Å². The van der Waals surface area contributed by atoms with Gasteiger partial charge in [-0.1, -0.05) is 13.3 Å². The second-order valence-corrected chi connectivity index (χ2v) is 5.38. The van der Waals surface area contributed by atoms with Gasteiger partial charge < -0.3 is 10.6 Å². The van der Waals surface area contributed by atoms with Crippen molar-refractivity contribution in [2.75, 3.05) is 5.32 Å². The molecule has 1 aromatic rings. The molecule has 0 unspecified atom stereocenters. The van der Waals surface area contributed by atoms with Crippen molar-refractivity contribution in [3.05, 3.63) is 27.6 Å². The summed E-state index contributed by atoms with van der Waals surface area (Å²) in [5.74, 6) is -0.549. The van der Waals surface area contributed by atoms with Gasteiger partial charge in [-0.05, 0) is 59.4 Å². The number of nitrogens with one attached hydrogen (secondary N) is 2. The van der Waals surface area contributed by atoms with Crippen LogP contribution in [0.2, 0.25) is 0 Å². The molecule has 1 rings (SSSR count). The monoisotopic (exact) mass is 380 g/mol. The molecule has 0 aliphatic rings. The first-order valence-corrected chi connectivity index (χ1v) is 7.07. The Morgan fingerprint density at radius 2 is 2.22 bits per heavy atom. The Morgan fingerprint density at radius 1 is 1.50 bits per heavy atom. The molecule has 0 bridgehead atoms. The van der Waals surface area contributed by atoms with E-state index >= 15 is 0 Å². The minimum atomic E-state index is -0.396. The van der Waals surface area contributed by atoms with Gasteiger partial charge in [0.15, 0.2) is 5.11 Å². The van der Waals surface area contributed by atoms with Crippen molar-refractivity contribution < 1.29 is 9.18 Å². The Morgan fingerprint density at radius 3 is 2.83 bits per heavy atom. The molecule has 3 nitrogen and oxygen atoms in total. The third-order valence-corrected chi connectivity index (χ3v) is 3.06. The van der Waals surface area contributed by atoms with Crippen LogP contribution in [0.25, 0.3) is 0 Å². The zero-order valence-corrected chi connectivity index (χ0v) is 12.9. The van der Waals surface area contributed by atoms with Gasteiger partial charge in [0.2, 0.25) is 5.91 Å². The molecule has 0 heterocycles. The first-order valence-electron chi connectivity index (χ1n) is 5.58. The van der Waals surface area contributed by atoms with Crippen molar-refractivity contribution in [1.82, 2.24) is 5.32 Å². The zero-order valence-electron chi connectivity index (χ0n) is 9.93. The number of rotatable bonds is 4. The van der Waals surface area contributed by atoms with Gasteiger partial charge in [0.05, 0.1) is 5.69 Å². The third-order valence-electron chi connectivity index (χ3n) is 2.19. The Kier molecular flexibility index (Phi) is 6.48. The molecule has 1 aromatic carbocycles. The molecule has 0 saturated heterocycles. The highest BCUT2D eigenvalue weighted by Crippen LogP contribution is 2.16. The first kappa shape index (κ1) is 15.3. The van der Waals surface area contributed by atoms with Crippen LogP contribution in [-0.4, -0.2) is 11.0 Å². The molecule has 2 N–H and O–H groups in total. The molecule has 0 saturated carbocycles. The lowest BCUT2D eigenvalue weighted by atomic mass is 10.2. The van der Waals surface area contributed by atoms with Crippen LogP contribution in [0.3, 0.4) is 0 Å². The van der Waals surface area contributed by atoms with Crippen LogP contribution < -0.4 is 10.6 Å². The predicted octanol–water partition coefficient (Wildman–Crippen LogP) is 3.43. The van der Waals surface area contributed by atoms with Crippen molar-refractivity contribution in [3.8, 4) is 0 Å². The van der Waals surface area contributed by atoms with Gasteiger partial charge >= 0.3 is 0 Å². The fraction of sp³-hybridized carbons (Fsp3) is 0.333. The molecule has 6 heteroatoms. The fourth-order valence-corrected chi connectivity index (χ4v) is 1.95. The van der Waals surface area contributed by atoms with E-state index in [0.717, 1.165) is 16.4 Å². The van der Waals surface area contributed by atoms with Crippen molar-refractivity contribution in [2.24, 2.45) is 0 Å². The van der Waals surface area contributed by atoms with E-state index in [0.29, 0.717) is 6.42 Å². The smallest absolute Gasteiger partial charge is 0.226 e. The predicted molar refractivity (Wildman–Crippen MR) is 83.0 cm³/mol. The normalized spacial score (nSPS) is 9.94. The number of carbonyl (C=O) groups excluding carboxylic acids is 1. The zero-order chi connectivity index (χ0) is 13.5. The number of benzene rings is 1. The molecule has 18 heavy (non-hydrogen) atoms. The molecular weight excluding hydrogens is 366 g/mol. The molecule has 1 amide bonds. The average Bonchev–Trinajstić information content (AvgIpc) is 2.30. The van der Waals surface area contributed by atoms with Crippen molar-refractivity contribution in [2.45, 2.75) is 26.2 Å². The van der Waals surface area contributed by atoms with Crippen molar-refractivity contribution >= 4 is 51.5 Å². The molecule has 0 aromatic heterocycles. The number of hydrogen-bond donors (Lipinski definition) is 2. The summed E-state index contributed by atoms with van der Waals surface area (Å²) in [4.78, 5) is 11.4. The highest BCUT2D eigenvalue weighted by Gasteiger charge is 2.07. The molecule has 0 spiro atoms. The average molecular weight is 380 g/mol. The quantitative estimate of drug-likeness (QED) is 0.621. The summed E-state index contributed by atoms with van der Waals surface area (Å²) in [7, 11) is 0. The van der Waals surface area contributed by atoms with Crippen LogP contribution in [0.15, 0.2) is 18.2 Å². The fourth-order valence-electron chi connectivity index (χ4n) is 1.27. The second-order valence-electron chi connectivity index (χ2n) is 3.73. The lowest BCUT2D eigenvalue weighted by molar-refractivity contribution is -0.119. The lowest BCUT2D eigenvalue weighted by Crippen LogP contribution is -2.34. The molecule has 0 atom stereocenters. The Balaban J connectivity index is 2.51. The molecule has 98 valence electrons. The summed E-state index contributed by atoms with van der Waals surface area (Å²) in [6.45, 7) is 2.00. The van der Waals surface area contributed by atoms with Gasteiger partial charge in [-0.3, -0.25) is 4.79 Å². The van der Waals surface area contributed by atoms with Crippen LogP contribution in [0, 0.1) is 9.39 Å². The Bertz CT molecular complexity index is 454. The molecular formula is C12H14FIN2OS. The number of carbonyl (C=O) groups is 1. The summed E-state index contributed by atoms with van der Waals surface area (Å²) >= 11 is 6.96. The van der Waals surface area contributed by atoms with Gasteiger partial charge in [-0.15, -0.1) is 0 Å². The maximum absolute atomic E-state index is 13.5. The summed E-state index contributed by atoms with van der Waals surface area (Å²) in [6, 6.07) is 4.74. The summed E-state index contributed by atoms with van der Waals surface area (Å²) in [6.07, 6.45) is 2.18. The van der Waals surface area contributed by atoms with Gasteiger partial charge in [-0.25, -0.2) is 4.39 Å². The largest absolute Gasteiger partial charge is 0.330 e.